The highest BCUT2D eigenvalue weighted by molar-refractivity contribution is 7.10. The van der Waals surface area contributed by atoms with E-state index in [0.717, 1.165) is 15.3 Å². The molecule has 0 aliphatic carbocycles. The molecule has 1 heterocycles. The van der Waals surface area contributed by atoms with E-state index in [0.29, 0.717) is 6.54 Å². The summed E-state index contributed by atoms with van der Waals surface area (Å²) in [5.74, 6) is -0.542. The molecule has 1 unspecified atom stereocenters. The SMILES string of the molecule is CC[NH+](CC(=O)N[C@@H](c1ccc(F)cc1)c1cccs1)CC(=O)NC(C)(C)C. The molecule has 152 valence electrons. The third-order valence-corrected chi connectivity index (χ3v) is 5.11. The molecule has 0 radical (unpaired) electrons. The Morgan fingerprint density at radius 3 is 2.29 bits per heavy atom. The van der Waals surface area contributed by atoms with Crippen molar-refractivity contribution in [3.05, 3.63) is 58.0 Å². The molecular formula is C21H29FN3O2S+. The lowest BCUT2D eigenvalue weighted by Gasteiger charge is -2.24. The lowest BCUT2D eigenvalue weighted by Crippen LogP contribution is -3.14. The number of hydrogen-bond donors (Lipinski definition) is 3. The summed E-state index contributed by atoms with van der Waals surface area (Å²) in [6.07, 6.45) is 0. The van der Waals surface area contributed by atoms with E-state index in [9.17, 15) is 14.0 Å². The molecule has 0 bridgehead atoms. The molecule has 28 heavy (non-hydrogen) atoms. The molecule has 1 aromatic carbocycles. The van der Waals surface area contributed by atoms with Crippen LogP contribution in [0, 0.1) is 5.82 Å². The Kier molecular flexibility index (Phi) is 7.71. The van der Waals surface area contributed by atoms with E-state index in [-0.39, 0.29) is 42.3 Å². The Bertz CT molecular complexity index is 770. The van der Waals surface area contributed by atoms with Crippen LogP contribution in [-0.4, -0.2) is 37.0 Å². The van der Waals surface area contributed by atoms with Crippen molar-refractivity contribution in [2.24, 2.45) is 0 Å². The summed E-state index contributed by atoms with van der Waals surface area (Å²) in [6, 6.07) is 9.67. The minimum atomic E-state index is -0.338. The van der Waals surface area contributed by atoms with Crippen LogP contribution < -0.4 is 15.5 Å². The van der Waals surface area contributed by atoms with Crippen LogP contribution in [0.15, 0.2) is 41.8 Å². The van der Waals surface area contributed by atoms with Crippen molar-refractivity contribution in [2.75, 3.05) is 19.6 Å². The summed E-state index contributed by atoms with van der Waals surface area (Å²) in [6.45, 7) is 8.82. The van der Waals surface area contributed by atoms with Crippen LogP contribution in [0.4, 0.5) is 4.39 Å². The van der Waals surface area contributed by atoms with Gasteiger partial charge < -0.3 is 15.5 Å². The van der Waals surface area contributed by atoms with Crippen molar-refractivity contribution < 1.29 is 18.9 Å². The van der Waals surface area contributed by atoms with Gasteiger partial charge in [-0.25, -0.2) is 4.39 Å². The van der Waals surface area contributed by atoms with Gasteiger partial charge in [0, 0.05) is 10.4 Å². The number of nitrogens with one attached hydrogen (secondary N) is 3. The Morgan fingerprint density at radius 2 is 1.75 bits per heavy atom. The smallest absolute Gasteiger partial charge is 0.275 e. The maximum Gasteiger partial charge on any atom is 0.275 e. The Labute approximate surface area is 169 Å². The first-order chi connectivity index (χ1) is 13.2. The van der Waals surface area contributed by atoms with Crippen LogP contribution in [0.25, 0.3) is 0 Å². The highest BCUT2D eigenvalue weighted by Crippen LogP contribution is 2.26. The van der Waals surface area contributed by atoms with E-state index >= 15 is 0 Å². The normalized spacial score (nSPS) is 13.6. The summed E-state index contributed by atoms with van der Waals surface area (Å²) in [4.78, 5) is 26.7. The van der Waals surface area contributed by atoms with E-state index in [1.807, 2.05) is 45.2 Å². The van der Waals surface area contributed by atoms with Crippen LogP contribution in [-0.2, 0) is 9.59 Å². The second-order valence-corrected chi connectivity index (χ2v) is 8.80. The largest absolute Gasteiger partial charge is 0.347 e. The van der Waals surface area contributed by atoms with E-state index in [1.165, 1.54) is 23.5 Å². The molecule has 2 aromatic rings. The number of quaternary nitrogens is 1. The van der Waals surface area contributed by atoms with Gasteiger partial charge in [0.25, 0.3) is 11.8 Å². The third-order valence-electron chi connectivity index (χ3n) is 4.17. The topological polar surface area (TPSA) is 62.6 Å². The van der Waals surface area contributed by atoms with E-state index < -0.39 is 0 Å². The van der Waals surface area contributed by atoms with Crippen molar-refractivity contribution in [3.8, 4) is 0 Å². The minimum Gasteiger partial charge on any atom is -0.347 e. The van der Waals surface area contributed by atoms with Crippen molar-refractivity contribution in [1.29, 1.82) is 0 Å². The first kappa shape index (κ1) is 22.0. The lowest BCUT2D eigenvalue weighted by atomic mass is 10.1. The maximum absolute atomic E-state index is 13.3. The number of benzene rings is 1. The average molecular weight is 407 g/mol. The van der Waals surface area contributed by atoms with Gasteiger partial charge in [0.05, 0.1) is 12.6 Å². The summed E-state index contributed by atoms with van der Waals surface area (Å²) in [7, 11) is 0. The second kappa shape index (κ2) is 9.80. The molecule has 0 saturated carbocycles. The first-order valence-electron chi connectivity index (χ1n) is 9.40. The Morgan fingerprint density at radius 1 is 1.11 bits per heavy atom. The Balaban J connectivity index is 2.04. The molecule has 7 heteroatoms. The number of carbonyl (C=O) groups excluding carboxylic acids is 2. The number of amides is 2. The van der Waals surface area contributed by atoms with Gasteiger partial charge in [-0.3, -0.25) is 9.59 Å². The van der Waals surface area contributed by atoms with Gasteiger partial charge in [0.2, 0.25) is 0 Å². The van der Waals surface area contributed by atoms with E-state index in [1.54, 1.807) is 12.1 Å². The lowest BCUT2D eigenvalue weighted by molar-refractivity contribution is -0.881. The monoisotopic (exact) mass is 406 g/mol. The number of likely N-dealkylation sites (N-methyl/N-ethyl adjacent to an activating group) is 1. The van der Waals surface area contributed by atoms with Gasteiger partial charge in [-0.2, -0.15) is 0 Å². The van der Waals surface area contributed by atoms with Crippen molar-refractivity contribution in [3.63, 3.8) is 0 Å². The van der Waals surface area contributed by atoms with Gasteiger partial charge in [-0.05, 0) is 56.8 Å². The fourth-order valence-electron chi connectivity index (χ4n) is 2.87. The first-order valence-corrected chi connectivity index (χ1v) is 10.3. The zero-order chi connectivity index (χ0) is 20.7. The molecule has 2 amide bonds. The summed E-state index contributed by atoms with van der Waals surface area (Å²) in [5, 5.41) is 7.91. The summed E-state index contributed by atoms with van der Waals surface area (Å²) >= 11 is 1.53. The molecule has 0 aliphatic rings. The predicted octanol–water partition coefficient (Wildman–Crippen LogP) is 1.91. The minimum absolute atomic E-state index is 0.0782. The number of halogens is 1. The van der Waals surface area contributed by atoms with Gasteiger partial charge >= 0.3 is 0 Å². The fourth-order valence-corrected chi connectivity index (χ4v) is 3.67. The summed E-state index contributed by atoms with van der Waals surface area (Å²) in [5.41, 5.74) is 0.520. The Hall–Kier alpha value is -2.25. The number of rotatable bonds is 8. The maximum atomic E-state index is 13.3. The fraction of sp³-hybridized carbons (Fsp3) is 0.429. The van der Waals surface area contributed by atoms with Crippen LogP contribution >= 0.6 is 11.3 Å². The number of thiophene rings is 1. The van der Waals surface area contributed by atoms with Crippen LogP contribution in [0.2, 0.25) is 0 Å². The van der Waals surface area contributed by atoms with Gasteiger partial charge in [-0.15, -0.1) is 11.3 Å². The predicted molar refractivity (Wildman–Crippen MR) is 110 cm³/mol. The molecule has 0 spiro atoms. The van der Waals surface area contributed by atoms with Crippen molar-refractivity contribution in [1.82, 2.24) is 10.6 Å². The zero-order valence-electron chi connectivity index (χ0n) is 16.8. The average Bonchev–Trinajstić information content (AvgIpc) is 3.12. The molecule has 0 aliphatic heterocycles. The molecule has 3 N–H and O–H groups in total. The molecule has 1 aromatic heterocycles. The highest BCUT2D eigenvalue weighted by Gasteiger charge is 2.23. The van der Waals surface area contributed by atoms with E-state index in [4.69, 9.17) is 0 Å². The van der Waals surface area contributed by atoms with Gasteiger partial charge in [-0.1, -0.05) is 18.2 Å². The molecular weight excluding hydrogens is 377 g/mol. The number of hydrogen-bond acceptors (Lipinski definition) is 3. The van der Waals surface area contributed by atoms with Crippen molar-refractivity contribution >= 4 is 23.2 Å². The zero-order valence-corrected chi connectivity index (χ0v) is 17.7. The number of carbonyl (C=O) groups is 2. The van der Waals surface area contributed by atoms with Gasteiger partial charge in [0.1, 0.15) is 5.82 Å². The molecule has 0 fully saturated rings. The van der Waals surface area contributed by atoms with Crippen molar-refractivity contribution in [2.45, 2.75) is 39.3 Å². The quantitative estimate of drug-likeness (QED) is 0.627. The van der Waals surface area contributed by atoms with Crippen LogP contribution in [0.3, 0.4) is 0 Å². The molecule has 2 atom stereocenters. The summed E-state index contributed by atoms with van der Waals surface area (Å²) < 4.78 is 13.3. The van der Waals surface area contributed by atoms with Crippen LogP contribution in [0.5, 0.6) is 0 Å². The van der Waals surface area contributed by atoms with E-state index in [2.05, 4.69) is 10.6 Å². The third kappa shape index (κ3) is 7.05. The molecule has 5 nitrogen and oxygen atoms in total. The second-order valence-electron chi connectivity index (χ2n) is 7.82. The standard InChI is InChI=1S/C21H28FN3O2S/c1-5-25(14-19(27)24-21(2,3)4)13-18(26)23-20(17-7-6-12-28-17)15-8-10-16(22)11-9-15/h6-12,20H,5,13-14H2,1-4H3,(H,23,26)(H,24,27)/p+1/t20-/m0/s1. The highest BCUT2D eigenvalue weighted by atomic mass is 32.1. The van der Waals surface area contributed by atoms with Crippen LogP contribution in [0.1, 0.15) is 44.2 Å². The van der Waals surface area contributed by atoms with Gasteiger partial charge in [0.15, 0.2) is 13.1 Å². The molecule has 2 rings (SSSR count). The molecule has 0 saturated heterocycles.